The number of hydrogen-bond acceptors (Lipinski definition) is 3. The topological polar surface area (TPSA) is 69.4 Å². The zero-order valence-corrected chi connectivity index (χ0v) is 7.19. The Morgan fingerprint density at radius 1 is 1.33 bits per heavy atom. The van der Waals surface area contributed by atoms with Crippen LogP contribution in [0.3, 0.4) is 0 Å². The molecule has 0 fully saturated rings. The van der Waals surface area contributed by atoms with Crippen molar-refractivity contribution in [3.8, 4) is 0 Å². The van der Waals surface area contributed by atoms with Crippen LogP contribution in [0.5, 0.6) is 0 Å². The maximum absolute atomic E-state index is 11.5. The molecule has 0 unspecified atom stereocenters. The minimum atomic E-state index is -3.91. The number of hydrogen-bond donors (Lipinski definition) is 1. The summed E-state index contributed by atoms with van der Waals surface area (Å²) in [5.74, 6) is 0. The Morgan fingerprint density at radius 2 is 1.92 bits per heavy atom. The van der Waals surface area contributed by atoms with Crippen LogP contribution in [0.4, 0.5) is 8.78 Å². The first-order valence-electron chi connectivity index (χ1n) is 3.37. The lowest BCUT2D eigenvalue weighted by Gasteiger charge is -2.00. The fourth-order valence-electron chi connectivity index (χ4n) is 0.576. The normalized spacial score (nSPS) is 12.3. The first-order valence-corrected chi connectivity index (χ1v) is 4.84. The minimum absolute atomic E-state index is 0.133. The Balaban J connectivity index is 3.23. The third-order valence-electron chi connectivity index (χ3n) is 1.06. The molecule has 2 N–H and O–H groups in total. The SMILES string of the molecule is NS(=O)(=O)OCCCCC(F)F. The molecule has 0 aliphatic heterocycles. The zero-order chi connectivity index (χ0) is 9.61. The second-order valence-electron chi connectivity index (χ2n) is 2.20. The molecular formula is C5H11F2NO3S. The van der Waals surface area contributed by atoms with Gasteiger partial charge in [-0.3, -0.25) is 4.18 Å². The van der Waals surface area contributed by atoms with Crippen LogP contribution in [0.15, 0.2) is 0 Å². The standard InChI is InChI=1S/C5H11F2NO3S/c6-5(7)3-1-2-4-11-12(8,9)10/h5H,1-4H2,(H2,8,9,10). The van der Waals surface area contributed by atoms with Gasteiger partial charge in [-0.15, -0.1) is 0 Å². The molecule has 0 spiro atoms. The van der Waals surface area contributed by atoms with E-state index in [4.69, 9.17) is 0 Å². The van der Waals surface area contributed by atoms with Gasteiger partial charge in [-0.2, -0.15) is 8.42 Å². The Labute approximate surface area is 70.0 Å². The highest BCUT2D eigenvalue weighted by atomic mass is 32.2. The van der Waals surface area contributed by atoms with E-state index in [1.165, 1.54) is 0 Å². The van der Waals surface area contributed by atoms with Crippen LogP contribution in [0.25, 0.3) is 0 Å². The number of nitrogens with two attached hydrogens (primary N) is 1. The van der Waals surface area contributed by atoms with Gasteiger partial charge in [0, 0.05) is 6.42 Å². The second kappa shape index (κ2) is 5.39. The maximum Gasteiger partial charge on any atom is 0.333 e. The van der Waals surface area contributed by atoms with Crippen molar-refractivity contribution >= 4 is 10.3 Å². The molecule has 0 aromatic rings. The molecule has 0 aliphatic rings. The van der Waals surface area contributed by atoms with Gasteiger partial charge in [-0.25, -0.2) is 13.9 Å². The number of halogens is 2. The summed E-state index contributed by atoms with van der Waals surface area (Å²) >= 11 is 0. The summed E-state index contributed by atoms with van der Waals surface area (Å²) in [6.07, 6.45) is -2.10. The van der Waals surface area contributed by atoms with Gasteiger partial charge < -0.3 is 0 Å². The predicted molar refractivity (Wildman–Crippen MR) is 38.9 cm³/mol. The average molecular weight is 203 g/mol. The van der Waals surface area contributed by atoms with E-state index in [9.17, 15) is 17.2 Å². The quantitative estimate of drug-likeness (QED) is 0.644. The summed E-state index contributed by atoms with van der Waals surface area (Å²) in [5, 5.41) is 4.48. The second-order valence-corrected chi connectivity index (χ2v) is 3.42. The number of unbranched alkanes of at least 4 members (excludes halogenated alkanes) is 1. The van der Waals surface area contributed by atoms with E-state index in [1.807, 2.05) is 0 Å². The number of rotatable bonds is 6. The summed E-state index contributed by atoms with van der Waals surface area (Å²) in [7, 11) is -3.91. The fourth-order valence-corrected chi connectivity index (χ4v) is 0.926. The molecule has 4 nitrogen and oxygen atoms in total. The third kappa shape index (κ3) is 9.73. The van der Waals surface area contributed by atoms with Gasteiger partial charge in [0.15, 0.2) is 0 Å². The van der Waals surface area contributed by atoms with Crippen LogP contribution >= 0.6 is 0 Å². The predicted octanol–water partition coefficient (Wildman–Crippen LogP) is 0.642. The average Bonchev–Trinajstić information content (AvgIpc) is 1.83. The van der Waals surface area contributed by atoms with Crippen molar-refractivity contribution < 1.29 is 21.4 Å². The van der Waals surface area contributed by atoms with Crippen LogP contribution in [0.1, 0.15) is 19.3 Å². The first kappa shape index (κ1) is 11.7. The summed E-state index contributed by atoms with van der Waals surface area (Å²) < 4.78 is 47.4. The highest BCUT2D eigenvalue weighted by molar-refractivity contribution is 7.84. The highest BCUT2D eigenvalue weighted by Gasteiger charge is 2.03. The van der Waals surface area contributed by atoms with E-state index in [0.717, 1.165) is 0 Å². The van der Waals surface area contributed by atoms with Crippen molar-refractivity contribution in [1.82, 2.24) is 0 Å². The Kier molecular flexibility index (Phi) is 5.27. The molecule has 0 amide bonds. The summed E-state index contributed by atoms with van der Waals surface area (Å²) in [4.78, 5) is 0. The summed E-state index contributed by atoms with van der Waals surface area (Å²) in [6.45, 7) is -0.133. The van der Waals surface area contributed by atoms with Crippen LogP contribution in [-0.4, -0.2) is 21.5 Å². The molecular weight excluding hydrogens is 192 g/mol. The van der Waals surface area contributed by atoms with Crippen LogP contribution in [0, 0.1) is 0 Å². The van der Waals surface area contributed by atoms with E-state index in [-0.39, 0.29) is 25.9 Å². The van der Waals surface area contributed by atoms with Gasteiger partial charge in [0.2, 0.25) is 6.43 Å². The lowest BCUT2D eigenvalue weighted by Crippen LogP contribution is -2.16. The Bertz CT molecular complexity index is 205. The van der Waals surface area contributed by atoms with Gasteiger partial charge in [-0.05, 0) is 12.8 Å². The maximum atomic E-state index is 11.5. The zero-order valence-electron chi connectivity index (χ0n) is 6.37. The van der Waals surface area contributed by atoms with E-state index < -0.39 is 16.7 Å². The molecule has 0 aromatic carbocycles. The Hall–Kier alpha value is -0.270. The third-order valence-corrected chi connectivity index (χ3v) is 1.56. The van der Waals surface area contributed by atoms with Gasteiger partial charge in [0.1, 0.15) is 0 Å². The van der Waals surface area contributed by atoms with Gasteiger partial charge in [-0.1, -0.05) is 0 Å². The van der Waals surface area contributed by atoms with Crippen molar-refractivity contribution in [1.29, 1.82) is 0 Å². The minimum Gasteiger partial charge on any atom is -0.258 e. The van der Waals surface area contributed by atoms with E-state index in [2.05, 4.69) is 9.32 Å². The van der Waals surface area contributed by atoms with Crippen LogP contribution in [-0.2, 0) is 14.5 Å². The number of alkyl halides is 2. The summed E-state index contributed by atoms with van der Waals surface area (Å²) in [6, 6.07) is 0. The first-order chi connectivity index (χ1) is 5.42. The monoisotopic (exact) mass is 203 g/mol. The molecule has 0 bridgehead atoms. The molecule has 0 saturated carbocycles. The Morgan fingerprint density at radius 3 is 2.33 bits per heavy atom. The van der Waals surface area contributed by atoms with Crippen molar-refractivity contribution in [2.45, 2.75) is 25.7 Å². The van der Waals surface area contributed by atoms with Crippen molar-refractivity contribution in [3.63, 3.8) is 0 Å². The van der Waals surface area contributed by atoms with Crippen molar-refractivity contribution in [2.75, 3.05) is 6.61 Å². The highest BCUT2D eigenvalue weighted by Crippen LogP contribution is 2.05. The largest absolute Gasteiger partial charge is 0.333 e. The van der Waals surface area contributed by atoms with Gasteiger partial charge in [0.25, 0.3) is 0 Å². The molecule has 0 radical (unpaired) electrons. The van der Waals surface area contributed by atoms with Crippen molar-refractivity contribution in [3.05, 3.63) is 0 Å². The van der Waals surface area contributed by atoms with E-state index in [0.29, 0.717) is 0 Å². The van der Waals surface area contributed by atoms with Crippen molar-refractivity contribution in [2.24, 2.45) is 5.14 Å². The molecule has 0 rings (SSSR count). The molecule has 0 atom stereocenters. The van der Waals surface area contributed by atoms with Crippen LogP contribution < -0.4 is 5.14 Å². The van der Waals surface area contributed by atoms with E-state index >= 15 is 0 Å². The molecule has 0 aromatic heterocycles. The van der Waals surface area contributed by atoms with Crippen LogP contribution in [0.2, 0.25) is 0 Å². The molecule has 0 heterocycles. The lowest BCUT2D eigenvalue weighted by molar-refractivity contribution is 0.132. The molecule has 0 saturated heterocycles. The summed E-state index contributed by atoms with van der Waals surface area (Å²) in [5.41, 5.74) is 0. The van der Waals surface area contributed by atoms with Gasteiger partial charge >= 0.3 is 10.3 Å². The lowest BCUT2D eigenvalue weighted by atomic mass is 10.2. The van der Waals surface area contributed by atoms with Gasteiger partial charge in [0.05, 0.1) is 6.61 Å². The fraction of sp³-hybridized carbons (Fsp3) is 1.00. The molecule has 7 heteroatoms. The molecule has 0 aliphatic carbocycles. The molecule has 12 heavy (non-hydrogen) atoms. The molecule has 74 valence electrons. The smallest absolute Gasteiger partial charge is 0.258 e. The van der Waals surface area contributed by atoms with E-state index in [1.54, 1.807) is 0 Å².